The zero-order chi connectivity index (χ0) is 9.56. The Labute approximate surface area is 76.7 Å². The van der Waals surface area contributed by atoms with Gasteiger partial charge in [0.15, 0.2) is 0 Å². The van der Waals surface area contributed by atoms with E-state index < -0.39 is 0 Å². The molecule has 0 aliphatic carbocycles. The van der Waals surface area contributed by atoms with E-state index in [9.17, 15) is 0 Å². The molecule has 0 aliphatic rings. The monoisotopic (exact) mass is 173 g/mol. The summed E-state index contributed by atoms with van der Waals surface area (Å²) in [5.74, 6) is 1.30. The molecule has 12 heavy (non-hydrogen) atoms. The highest BCUT2D eigenvalue weighted by molar-refractivity contribution is 4.72. The van der Waals surface area contributed by atoms with Crippen molar-refractivity contribution in [2.24, 2.45) is 11.8 Å². The van der Waals surface area contributed by atoms with E-state index in [2.05, 4.69) is 33.0 Å². The third-order valence-electron chi connectivity index (χ3n) is 2.64. The van der Waals surface area contributed by atoms with Crippen molar-refractivity contribution < 1.29 is 4.74 Å². The normalized spacial score (nSPS) is 18.8. The lowest BCUT2D eigenvalue weighted by Gasteiger charge is -2.26. The van der Waals surface area contributed by atoms with Gasteiger partial charge in [0.05, 0.1) is 0 Å². The van der Waals surface area contributed by atoms with Crippen LogP contribution in [0.4, 0.5) is 0 Å². The van der Waals surface area contributed by atoms with Gasteiger partial charge in [-0.15, -0.1) is 0 Å². The Morgan fingerprint density at radius 2 is 1.83 bits per heavy atom. The maximum Gasteiger partial charge on any atom is 0.0490 e. The number of ether oxygens (including phenoxy) is 1. The number of nitrogens with one attached hydrogen (secondary N) is 1. The van der Waals surface area contributed by atoms with Gasteiger partial charge in [-0.1, -0.05) is 20.8 Å². The maximum atomic E-state index is 5.13. The second-order valence-corrected chi connectivity index (χ2v) is 3.64. The highest BCUT2D eigenvalue weighted by atomic mass is 16.5. The minimum atomic E-state index is 0.583. The third-order valence-corrected chi connectivity index (χ3v) is 2.64. The van der Waals surface area contributed by atoms with Crippen molar-refractivity contribution >= 4 is 0 Å². The molecule has 2 nitrogen and oxygen atoms in total. The minimum Gasteiger partial charge on any atom is -0.384 e. The van der Waals surface area contributed by atoms with Crippen LogP contribution in [-0.4, -0.2) is 26.3 Å². The van der Waals surface area contributed by atoms with Crippen LogP contribution in [0.2, 0.25) is 0 Å². The molecule has 0 saturated heterocycles. The van der Waals surface area contributed by atoms with Crippen molar-refractivity contribution in [2.45, 2.75) is 33.7 Å². The fraction of sp³-hybridized carbons (Fsp3) is 1.00. The van der Waals surface area contributed by atoms with Crippen molar-refractivity contribution in [3.63, 3.8) is 0 Å². The molecule has 0 aliphatic heterocycles. The van der Waals surface area contributed by atoms with E-state index in [1.807, 2.05) is 0 Å². The lowest BCUT2D eigenvalue weighted by molar-refractivity contribution is 0.123. The molecule has 0 heterocycles. The standard InChI is InChI=1S/C10H23NO/c1-6-11-10(4)9(3)8(2)7-12-5/h8-11H,6-7H2,1-5H3. The molecule has 0 aromatic heterocycles. The maximum absolute atomic E-state index is 5.13. The van der Waals surface area contributed by atoms with Gasteiger partial charge in [-0.25, -0.2) is 0 Å². The number of methoxy groups -OCH3 is 1. The molecule has 74 valence electrons. The van der Waals surface area contributed by atoms with Crippen LogP contribution in [0.3, 0.4) is 0 Å². The number of hydrogen-bond acceptors (Lipinski definition) is 2. The fourth-order valence-corrected chi connectivity index (χ4v) is 1.42. The lowest BCUT2D eigenvalue weighted by Crippen LogP contribution is -2.36. The molecule has 0 aromatic rings. The first-order valence-corrected chi connectivity index (χ1v) is 4.85. The summed E-state index contributed by atoms with van der Waals surface area (Å²) in [6, 6.07) is 0.583. The van der Waals surface area contributed by atoms with Gasteiger partial charge in [-0.3, -0.25) is 0 Å². The molecule has 0 radical (unpaired) electrons. The largest absolute Gasteiger partial charge is 0.384 e. The number of hydrogen-bond donors (Lipinski definition) is 1. The second kappa shape index (κ2) is 6.44. The summed E-state index contributed by atoms with van der Waals surface area (Å²) < 4.78 is 5.13. The Balaban J connectivity index is 3.73. The zero-order valence-corrected chi connectivity index (χ0v) is 9.05. The van der Waals surface area contributed by atoms with Crippen molar-refractivity contribution in [1.29, 1.82) is 0 Å². The average Bonchev–Trinajstić information content (AvgIpc) is 2.04. The van der Waals surface area contributed by atoms with Gasteiger partial charge >= 0.3 is 0 Å². The first kappa shape index (κ1) is 11.9. The van der Waals surface area contributed by atoms with Crippen molar-refractivity contribution in [3.8, 4) is 0 Å². The zero-order valence-electron chi connectivity index (χ0n) is 9.05. The predicted molar refractivity (Wildman–Crippen MR) is 53.3 cm³/mol. The van der Waals surface area contributed by atoms with Crippen LogP contribution in [0.25, 0.3) is 0 Å². The van der Waals surface area contributed by atoms with E-state index in [0.29, 0.717) is 17.9 Å². The quantitative estimate of drug-likeness (QED) is 0.662. The minimum absolute atomic E-state index is 0.583. The average molecular weight is 173 g/mol. The number of rotatable bonds is 6. The molecular weight excluding hydrogens is 150 g/mol. The van der Waals surface area contributed by atoms with Crippen LogP contribution in [0.1, 0.15) is 27.7 Å². The summed E-state index contributed by atoms with van der Waals surface area (Å²) >= 11 is 0. The molecule has 3 unspecified atom stereocenters. The molecular formula is C10H23NO. The van der Waals surface area contributed by atoms with Crippen LogP contribution in [0, 0.1) is 11.8 Å². The lowest BCUT2D eigenvalue weighted by atomic mass is 9.90. The smallest absolute Gasteiger partial charge is 0.0490 e. The molecule has 3 atom stereocenters. The Morgan fingerprint density at radius 3 is 2.25 bits per heavy atom. The van der Waals surface area contributed by atoms with Gasteiger partial charge in [0.2, 0.25) is 0 Å². The van der Waals surface area contributed by atoms with E-state index in [1.165, 1.54) is 0 Å². The van der Waals surface area contributed by atoms with Crippen LogP contribution >= 0.6 is 0 Å². The molecule has 2 heteroatoms. The van der Waals surface area contributed by atoms with Crippen LogP contribution < -0.4 is 5.32 Å². The molecule has 0 fully saturated rings. The van der Waals surface area contributed by atoms with E-state index in [-0.39, 0.29) is 0 Å². The SMILES string of the molecule is CCNC(C)C(C)C(C)COC. The van der Waals surface area contributed by atoms with Gasteiger partial charge in [0.25, 0.3) is 0 Å². The van der Waals surface area contributed by atoms with Gasteiger partial charge in [-0.05, 0) is 25.3 Å². The molecule has 0 aromatic carbocycles. The summed E-state index contributed by atoms with van der Waals surface area (Å²) in [5, 5.41) is 3.43. The summed E-state index contributed by atoms with van der Waals surface area (Å²) in [6.07, 6.45) is 0. The molecule has 0 amide bonds. The van der Waals surface area contributed by atoms with Crippen molar-refractivity contribution in [3.05, 3.63) is 0 Å². The molecule has 1 N–H and O–H groups in total. The molecule has 0 rings (SSSR count). The van der Waals surface area contributed by atoms with Gasteiger partial charge < -0.3 is 10.1 Å². The Bertz CT molecular complexity index is 94.0. The van der Waals surface area contributed by atoms with E-state index in [4.69, 9.17) is 4.74 Å². The Morgan fingerprint density at radius 1 is 1.25 bits per heavy atom. The topological polar surface area (TPSA) is 21.3 Å². The third kappa shape index (κ3) is 4.07. The molecule has 0 bridgehead atoms. The second-order valence-electron chi connectivity index (χ2n) is 3.64. The first-order chi connectivity index (χ1) is 5.63. The molecule has 0 saturated carbocycles. The van der Waals surface area contributed by atoms with E-state index in [1.54, 1.807) is 7.11 Å². The first-order valence-electron chi connectivity index (χ1n) is 4.85. The Kier molecular flexibility index (Phi) is 6.39. The summed E-state index contributed by atoms with van der Waals surface area (Å²) in [4.78, 5) is 0. The Hall–Kier alpha value is -0.0800. The van der Waals surface area contributed by atoms with Gasteiger partial charge in [0.1, 0.15) is 0 Å². The van der Waals surface area contributed by atoms with E-state index in [0.717, 1.165) is 13.2 Å². The fourth-order valence-electron chi connectivity index (χ4n) is 1.42. The summed E-state index contributed by atoms with van der Waals surface area (Å²) in [7, 11) is 1.77. The van der Waals surface area contributed by atoms with Crippen LogP contribution in [0.15, 0.2) is 0 Å². The van der Waals surface area contributed by atoms with E-state index >= 15 is 0 Å². The predicted octanol–water partition coefficient (Wildman–Crippen LogP) is 1.90. The van der Waals surface area contributed by atoms with Crippen molar-refractivity contribution in [2.75, 3.05) is 20.3 Å². The van der Waals surface area contributed by atoms with Gasteiger partial charge in [-0.2, -0.15) is 0 Å². The summed E-state index contributed by atoms with van der Waals surface area (Å²) in [5.41, 5.74) is 0. The summed E-state index contributed by atoms with van der Waals surface area (Å²) in [6.45, 7) is 10.8. The highest BCUT2D eigenvalue weighted by Crippen LogP contribution is 2.14. The molecule has 0 spiro atoms. The highest BCUT2D eigenvalue weighted by Gasteiger charge is 2.17. The van der Waals surface area contributed by atoms with Gasteiger partial charge in [0, 0.05) is 19.8 Å². The van der Waals surface area contributed by atoms with Crippen LogP contribution in [0.5, 0.6) is 0 Å². The van der Waals surface area contributed by atoms with Crippen LogP contribution in [-0.2, 0) is 4.74 Å². The van der Waals surface area contributed by atoms with Crippen molar-refractivity contribution in [1.82, 2.24) is 5.32 Å².